The first-order chi connectivity index (χ1) is 14.2. The van der Waals surface area contributed by atoms with Gasteiger partial charge >= 0.3 is 0 Å². The predicted octanol–water partition coefficient (Wildman–Crippen LogP) is 3.96. The number of carbonyl (C=O) groups excluding carboxylic acids is 2. The Balaban J connectivity index is 2.68. The number of hydrogen-bond acceptors (Lipinski definition) is 5. The number of hydrogen-bond donors (Lipinski definition) is 3. The maximum absolute atomic E-state index is 12.7. The van der Waals surface area contributed by atoms with Crippen molar-refractivity contribution in [2.24, 2.45) is 5.92 Å². The molecule has 2 amide bonds. The first-order valence-corrected chi connectivity index (χ1v) is 13.7. The molecule has 1 unspecified atom stereocenters. The van der Waals surface area contributed by atoms with Crippen LogP contribution in [-0.4, -0.2) is 44.5 Å². The van der Waals surface area contributed by atoms with Crippen LogP contribution in [0.1, 0.15) is 53.5 Å². The smallest absolute Gasteiger partial charge is 0.243 e. The fourth-order valence-electron chi connectivity index (χ4n) is 2.88. The van der Waals surface area contributed by atoms with E-state index < -0.39 is 14.4 Å². The molecule has 0 radical (unpaired) electrons. The Labute approximate surface area is 188 Å². The molecule has 0 bridgehead atoms. The molecule has 0 aromatic heterocycles. The second-order valence-electron chi connectivity index (χ2n) is 9.91. The summed E-state index contributed by atoms with van der Waals surface area (Å²) in [6, 6.07) is 4.25. The highest BCUT2D eigenvalue weighted by Crippen LogP contribution is 2.37. The molecular formula is C23H40N2O5Si. The molecule has 1 rings (SSSR count). The summed E-state index contributed by atoms with van der Waals surface area (Å²) in [4.78, 5) is 25.3. The van der Waals surface area contributed by atoms with Crippen molar-refractivity contribution < 1.29 is 23.9 Å². The number of carbonyl (C=O) groups is 2. The fraction of sp³-hybridized carbons (Fsp3) is 0.652. The van der Waals surface area contributed by atoms with Crippen molar-refractivity contribution in [3.05, 3.63) is 23.8 Å². The second-order valence-corrected chi connectivity index (χ2v) is 14.7. The van der Waals surface area contributed by atoms with E-state index in [0.717, 1.165) is 5.56 Å². The third-order valence-electron chi connectivity index (χ3n) is 5.75. The van der Waals surface area contributed by atoms with Crippen LogP contribution in [0.3, 0.4) is 0 Å². The van der Waals surface area contributed by atoms with Crippen LogP contribution >= 0.6 is 0 Å². The van der Waals surface area contributed by atoms with Crippen molar-refractivity contribution in [1.82, 2.24) is 10.6 Å². The van der Waals surface area contributed by atoms with E-state index in [1.165, 1.54) is 13.2 Å². The van der Waals surface area contributed by atoms with E-state index >= 15 is 0 Å². The molecule has 3 N–H and O–H groups in total. The van der Waals surface area contributed by atoms with Crippen LogP contribution in [0.5, 0.6) is 11.5 Å². The van der Waals surface area contributed by atoms with Gasteiger partial charge in [0.15, 0.2) is 19.8 Å². The Kier molecular flexibility index (Phi) is 9.57. The fourth-order valence-corrected chi connectivity index (χ4v) is 4.32. The first-order valence-electron chi connectivity index (χ1n) is 10.8. The van der Waals surface area contributed by atoms with E-state index in [-0.39, 0.29) is 47.6 Å². The molecule has 0 aliphatic carbocycles. The van der Waals surface area contributed by atoms with Crippen molar-refractivity contribution in [3.8, 4) is 11.5 Å². The van der Waals surface area contributed by atoms with Crippen LogP contribution in [0, 0.1) is 5.92 Å². The van der Waals surface area contributed by atoms with Crippen molar-refractivity contribution >= 4 is 20.1 Å². The second kappa shape index (κ2) is 11.0. The van der Waals surface area contributed by atoms with Gasteiger partial charge in [-0.1, -0.05) is 40.7 Å². The zero-order valence-corrected chi connectivity index (χ0v) is 21.5. The summed E-state index contributed by atoms with van der Waals surface area (Å²) in [5, 5.41) is 15.5. The van der Waals surface area contributed by atoms with Gasteiger partial charge in [-0.15, -0.1) is 0 Å². The lowest BCUT2D eigenvalue weighted by Crippen LogP contribution is -2.50. The van der Waals surface area contributed by atoms with Crippen LogP contribution in [0.2, 0.25) is 18.1 Å². The van der Waals surface area contributed by atoms with Gasteiger partial charge in [-0.25, -0.2) is 0 Å². The molecule has 176 valence electrons. The number of ether oxygens (including phenoxy) is 1. The molecule has 0 aliphatic heterocycles. The predicted molar refractivity (Wildman–Crippen MR) is 126 cm³/mol. The van der Waals surface area contributed by atoms with Gasteiger partial charge in [-0.05, 0) is 48.7 Å². The Bertz CT molecular complexity index is 759. The summed E-state index contributed by atoms with van der Waals surface area (Å²) in [7, 11) is -0.498. The molecular weight excluding hydrogens is 412 g/mol. The average Bonchev–Trinajstić information content (AvgIpc) is 2.63. The van der Waals surface area contributed by atoms with Crippen LogP contribution in [-0.2, 0) is 20.6 Å². The van der Waals surface area contributed by atoms with Crippen LogP contribution in [0.15, 0.2) is 18.2 Å². The van der Waals surface area contributed by atoms with Gasteiger partial charge in [-0.3, -0.25) is 9.59 Å². The zero-order valence-electron chi connectivity index (χ0n) is 20.5. The lowest BCUT2D eigenvalue weighted by atomic mass is 10.0. The highest BCUT2D eigenvalue weighted by Gasteiger charge is 2.38. The lowest BCUT2D eigenvalue weighted by Gasteiger charge is -2.38. The molecule has 0 spiro atoms. The van der Waals surface area contributed by atoms with Gasteiger partial charge in [0.2, 0.25) is 11.8 Å². The quantitative estimate of drug-likeness (QED) is 0.467. The van der Waals surface area contributed by atoms with E-state index in [2.05, 4.69) is 44.5 Å². The minimum absolute atomic E-state index is 0.0407. The van der Waals surface area contributed by atoms with E-state index in [0.29, 0.717) is 5.75 Å². The molecule has 0 saturated heterocycles. The van der Waals surface area contributed by atoms with Gasteiger partial charge in [0, 0.05) is 6.54 Å². The molecule has 2 atom stereocenters. The molecule has 0 aliphatic rings. The largest absolute Gasteiger partial charge is 0.504 e. The number of amides is 2. The van der Waals surface area contributed by atoms with E-state index in [4.69, 9.17) is 9.16 Å². The van der Waals surface area contributed by atoms with Crippen molar-refractivity contribution in [1.29, 1.82) is 0 Å². The van der Waals surface area contributed by atoms with E-state index in [1.54, 1.807) is 12.1 Å². The molecule has 1 aromatic rings. The molecule has 1 aromatic carbocycles. The van der Waals surface area contributed by atoms with Crippen LogP contribution < -0.4 is 15.4 Å². The van der Waals surface area contributed by atoms with Crippen LogP contribution in [0.25, 0.3) is 0 Å². The average molecular weight is 453 g/mol. The van der Waals surface area contributed by atoms with Crippen LogP contribution in [0.4, 0.5) is 0 Å². The Morgan fingerprint density at radius 1 is 1.16 bits per heavy atom. The third kappa shape index (κ3) is 8.18. The third-order valence-corrected chi connectivity index (χ3v) is 10.4. The van der Waals surface area contributed by atoms with Gasteiger partial charge in [0.1, 0.15) is 6.04 Å². The monoisotopic (exact) mass is 452 g/mol. The highest BCUT2D eigenvalue weighted by atomic mass is 28.4. The SMILES string of the molecule is COc1cc(CNC(=O)[C@@H](NC(=O)CC(C)O[Si](C)(C)C(C)(C)C)C(C)C)ccc1O. The summed E-state index contributed by atoms with van der Waals surface area (Å²) in [5.41, 5.74) is 0.785. The Morgan fingerprint density at radius 2 is 1.77 bits per heavy atom. The summed E-state index contributed by atoms with van der Waals surface area (Å²) < 4.78 is 11.4. The summed E-state index contributed by atoms with van der Waals surface area (Å²) in [5.74, 6) is -0.148. The van der Waals surface area contributed by atoms with Crippen molar-refractivity contribution in [2.75, 3.05) is 7.11 Å². The number of benzene rings is 1. The number of phenols is 1. The van der Waals surface area contributed by atoms with Gasteiger partial charge in [-0.2, -0.15) is 0 Å². The van der Waals surface area contributed by atoms with Gasteiger partial charge < -0.3 is 24.9 Å². The summed E-state index contributed by atoms with van der Waals surface area (Å²) >= 11 is 0. The van der Waals surface area contributed by atoms with E-state index in [9.17, 15) is 14.7 Å². The molecule has 0 saturated carbocycles. The van der Waals surface area contributed by atoms with Gasteiger partial charge in [0.05, 0.1) is 19.6 Å². The molecule has 0 heterocycles. The number of nitrogens with one attached hydrogen (secondary N) is 2. The minimum Gasteiger partial charge on any atom is -0.504 e. The topological polar surface area (TPSA) is 96.9 Å². The highest BCUT2D eigenvalue weighted by molar-refractivity contribution is 6.74. The molecule has 8 heteroatoms. The lowest BCUT2D eigenvalue weighted by molar-refractivity contribution is -0.130. The number of aromatic hydroxyl groups is 1. The number of phenolic OH excluding ortho intramolecular Hbond substituents is 1. The first kappa shape index (κ1) is 27.0. The number of methoxy groups -OCH3 is 1. The maximum Gasteiger partial charge on any atom is 0.243 e. The maximum atomic E-state index is 12.7. The Hall–Kier alpha value is -2.06. The molecule has 31 heavy (non-hydrogen) atoms. The zero-order chi connectivity index (χ0) is 24.0. The molecule has 7 nitrogen and oxygen atoms in total. The summed E-state index contributed by atoms with van der Waals surface area (Å²) in [6.07, 6.45) is -0.0146. The Morgan fingerprint density at radius 3 is 2.29 bits per heavy atom. The normalized spacial score (nSPS) is 14.1. The molecule has 0 fully saturated rings. The summed E-state index contributed by atoms with van der Waals surface area (Å²) in [6.45, 7) is 16.8. The number of rotatable bonds is 10. The van der Waals surface area contributed by atoms with Gasteiger partial charge in [0.25, 0.3) is 0 Å². The van der Waals surface area contributed by atoms with E-state index in [1.807, 2.05) is 20.8 Å². The van der Waals surface area contributed by atoms with Crippen molar-refractivity contribution in [2.45, 2.75) is 84.8 Å². The standard InChI is InChI=1S/C23H40N2O5Si/c1-15(2)21(22(28)24-14-17-10-11-18(26)19(13-17)29-7)25-20(27)12-16(3)30-31(8,9)23(4,5)6/h10-11,13,15-16,21,26H,12,14H2,1-9H3,(H,24,28)(H,25,27)/t16?,21-/m0/s1. The van der Waals surface area contributed by atoms with Crippen molar-refractivity contribution in [3.63, 3.8) is 0 Å². The minimum atomic E-state index is -1.97.